The summed E-state index contributed by atoms with van der Waals surface area (Å²) in [4.78, 5) is 11.7. The van der Waals surface area contributed by atoms with Gasteiger partial charge in [0.25, 0.3) is 0 Å². The monoisotopic (exact) mass is 266 g/mol. The third-order valence-electron chi connectivity index (χ3n) is 3.56. The van der Waals surface area contributed by atoms with Crippen LogP contribution < -0.4 is 11.1 Å². The Hall–Kier alpha value is -1.06. The lowest BCUT2D eigenvalue weighted by molar-refractivity contribution is -0.122. The predicted octanol–water partition coefficient (Wildman–Crippen LogP) is 2.44. The summed E-state index contributed by atoms with van der Waals surface area (Å²) in [6, 6.07) is 7.65. The summed E-state index contributed by atoms with van der Waals surface area (Å²) in [6.07, 6.45) is 3.26. The second-order valence-corrected chi connectivity index (χ2v) is 5.43. The Kier molecular flexibility index (Phi) is 4.25. The average molecular weight is 267 g/mol. The van der Waals surface area contributed by atoms with Crippen molar-refractivity contribution in [2.24, 2.45) is 5.73 Å². The number of carbonyl (C=O) groups excluding carboxylic acids is 1. The minimum atomic E-state index is -0.448. The van der Waals surface area contributed by atoms with E-state index in [0.29, 0.717) is 5.92 Å². The van der Waals surface area contributed by atoms with Gasteiger partial charge in [0.05, 0.1) is 6.04 Å². The van der Waals surface area contributed by atoms with Crippen LogP contribution in [0, 0.1) is 0 Å². The van der Waals surface area contributed by atoms with Gasteiger partial charge in [-0.2, -0.15) is 0 Å². The van der Waals surface area contributed by atoms with Gasteiger partial charge in [-0.25, -0.2) is 0 Å². The Morgan fingerprint density at radius 3 is 2.67 bits per heavy atom. The fraction of sp³-hybridized carbons (Fsp3) is 0.500. The molecule has 1 aliphatic carbocycles. The van der Waals surface area contributed by atoms with E-state index in [4.69, 9.17) is 17.3 Å². The molecule has 3 N–H and O–H groups in total. The van der Waals surface area contributed by atoms with Crippen LogP contribution in [-0.4, -0.2) is 18.0 Å². The lowest BCUT2D eigenvalue weighted by atomic mass is 9.94. The van der Waals surface area contributed by atoms with Crippen LogP contribution in [0.25, 0.3) is 0 Å². The predicted molar refractivity (Wildman–Crippen MR) is 73.6 cm³/mol. The molecule has 0 bridgehead atoms. The highest BCUT2D eigenvalue weighted by molar-refractivity contribution is 6.30. The summed E-state index contributed by atoms with van der Waals surface area (Å²) in [5.74, 6) is 0.311. The third kappa shape index (κ3) is 3.03. The zero-order valence-corrected chi connectivity index (χ0v) is 11.3. The number of benzene rings is 1. The lowest BCUT2D eigenvalue weighted by Gasteiger charge is -2.22. The number of rotatable bonds is 3. The molecule has 1 aliphatic rings. The quantitative estimate of drug-likeness (QED) is 0.883. The van der Waals surface area contributed by atoms with Crippen LogP contribution >= 0.6 is 11.6 Å². The third-order valence-corrected chi connectivity index (χ3v) is 3.81. The van der Waals surface area contributed by atoms with Gasteiger partial charge in [-0.05, 0) is 37.5 Å². The molecule has 0 saturated heterocycles. The van der Waals surface area contributed by atoms with Gasteiger partial charge in [-0.3, -0.25) is 4.79 Å². The number of nitrogens with two attached hydrogens (primary N) is 1. The molecule has 1 aromatic carbocycles. The van der Waals surface area contributed by atoms with Crippen LogP contribution in [0.2, 0.25) is 5.02 Å². The number of amides is 1. The average Bonchev–Trinajstić information content (AvgIpc) is 2.78. The van der Waals surface area contributed by atoms with Crippen LogP contribution in [0.4, 0.5) is 0 Å². The summed E-state index contributed by atoms with van der Waals surface area (Å²) < 4.78 is 0. The Bertz CT molecular complexity index is 416. The summed E-state index contributed by atoms with van der Waals surface area (Å²) in [5, 5.41) is 3.79. The van der Waals surface area contributed by atoms with Crippen molar-refractivity contribution in [3.05, 3.63) is 34.9 Å². The molecule has 3 nitrogen and oxygen atoms in total. The first kappa shape index (κ1) is 13.4. The van der Waals surface area contributed by atoms with Crippen molar-refractivity contribution in [3.63, 3.8) is 0 Å². The van der Waals surface area contributed by atoms with E-state index in [2.05, 4.69) is 5.32 Å². The summed E-state index contributed by atoms with van der Waals surface area (Å²) in [7, 11) is 0. The van der Waals surface area contributed by atoms with Gasteiger partial charge in [0, 0.05) is 17.0 Å². The molecule has 1 aromatic rings. The zero-order valence-electron chi connectivity index (χ0n) is 10.5. The van der Waals surface area contributed by atoms with Crippen LogP contribution in [0.5, 0.6) is 0 Å². The molecule has 1 saturated carbocycles. The van der Waals surface area contributed by atoms with Crippen LogP contribution in [0.1, 0.15) is 37.7 Å². The van der Waals surface area contributed by atoms with E-state index in [0.717, 1.165) is 24.3 Å². The minimum Gasteiger partial charge on any atom is -0.351 e. The van der Waals surface area contributed by atoms with Gasteiger partial charge in [-0.1, -0.05) is 30.2 Å². The highest BCUT2D eigenvalue weighted by Gasteiger charge is 2.30. The van der Waals surface area contributed by atoms with Crippen molar-refractivity contribution in [2.75, 3.05) is 0 Å². The molecule has 1 amide bonds. The zero-order chi connectivity index (χ0) is 13.1. The van der Waals surface area contributed by atoms with Crippen LogP contribution in [0.15, 0.2) is 24.3 Å². The molecule has 98 valence electrons. The van der Waals surface area contributed by atoms with Crippen molar-refractivity contribution in [3.8, 4) is 0 Å². The molecule has 3 atom stereocenters. The van der Waals surface area contributed by atoms with Crippen molar-refractivity contribution in [1.82, 2.24) is 5.32 Å². The summed E-state index contributed by atoms with van der Waals surface area (Å²) in [5.41, 5.74) is 6.83. The molecular formula is C14H19ClN2O. The molecular weight excluding hydrogens is 248 g/mol. The Morgan fingerprint density at radius 2 is 2.06 bits per heavy atom. The van der Waals surface area contributed by atoms with E-state index in [1.165, 1.54) is 5.56 Å². The lowest BCUT2D eigenvalue weighted by Crippen LogP contribution is -2.44. The number of nitrogens with one attached hydrogen (secondary N) is 1. The molecule has 0 heterocycles. The smallest absolute Gasteiger partial charge is 0.236 e. The van der Waals surface area contributed by atoms with E-state index < -0.39 is 6.04 Å². The van der Waals surface area contributed by atoms with E-state index in [1.54, 1.807) is 6.92 Å². The molecule has 0 aliphatic heterocycles. The van der Waals surface area contributed by atoms with Gasteiger partial charge >= 0.3 is 0 Å². The maximum atomic E-state index is 11.7. The molecule has 2 rings (SSSR count). The SMILES string of the molecule is C[C@H](N)C(=O)N[C@H]1CCC[C@@H]1c1ccc(Cl)cc1. The fourth-order valence-electron chi connectivity index (χ4n) is 2.56. The molecule has 1 fully saturated rings. The maximum Gasteiger partial charge on any atom is 0.236 e. The van der Waals surface area contributed by atoms with Gasteiger partial charge in [0.1, 0.15) is 0 Å². The number of carbonyl (C=O) groups is 1. The van der Waals surface area contributed by atoms with E-state index in [9.17, 15) is 4.79 Å². The number of hydrogen-bond acceptors (Lipinski definition) is 2. The van der Waals surface area contributed by atoms with Gasteiger partial charge in [0.15, 0.2) is 0 Å². The molecule has 18 heavy (non-hydrogen) atoms. The highest BCUT2D eigenvalue weighted by atomic mass is 35.5. The Balaban J connectivity index is 2.07. The standard InChI is InChI=1S/C14H19ClN2O/c1-9(16)14(18)17-13-4-2-3-12(13)10-5-7-11(15)8-6-10/h5-9,12-13H,2-4,16H2,1H3,(H,17,18)/t9-,12+,13-/m0/s1. The van der Waals surface area contributed by atoms with Crippen LogP contribution in [-0.2, 0) is 4.79 Å². The number of halogens is 1. The van der Waals surface area contributed by atoms with Crippen LogP contribution in [0.3, 0.4) is 0 Å². The highest BCUT2D eigenvalue weighted by Crippen LogP contribution is 2.35. The Morgan fingerprint density at radius 1 is 1.39 bits per heavy atom. The maximum absolute atomic E-state index is 11.7. The van der Waals surface area contributed by atoms with E-state index in [1.807, 2.05) is 24.3 Å². The second kappa shape index (κ2) is 5.72. The number of hydrogen-bond donors (Lipinski definition) is 2. The fourth-order valence-corrected chi connectivity index (χ4v) is 2.68. The van der Waals surface area contributed by atoms with E-state index >= 15 is 0 Å². The van der Waals surface area contributed by atoms with Crippen molar-refractivity contribution >= 4 is 17.5 Å². The first-order chi connectivity index (χ1) is 8.58. The molecule has 0 spiro atoms. The molecule has 0 radical (unpaired) electrons. The van der Waals surface area contributed by atoms with E-state index in [-0.39, 0.29) is 11.9 Å². The van der Waals surface area contributed by atoms with Gasteiger partial charge < -0.3 is 11.1 Å². The van der Waals surface area contributed by atoms with Crippen molar-refractivity contribution in [1.29, 1.82) is 0 Å². The first-order valence-corrected chi connectivity index (χ1v) is 6.77. The van der Waals surface area contributed by atoms with Gasteiger partial charge in [-0.15, -0.1) is 0 Å². The van der Waals surface area contributed by atoms with Crippen molar-refractivity contribution < 1.29 is 4.79 Å². The van der Waals surface area contributed by atoms with Crippen molar-refractivity contribution in [2.45, 2.75) is 44.2 Å². The second-order valence-electron chi connectivity index (χ2n) is 4.99. The topological polar surface area (TPSA) is 55.1 Å². The van der Waals surface area contributed by atoms with Gasteiger partial charge in [0.2, 0.25) is 5.91 Å². The first-order valence-electron chi connectivity index (χ1n) is 6.39. The molecule has 0 unspecified atom stereocenters. The largest absolute Gasteiger partial charge is 0.351 e. The molecule has 4 heteroatoms. The molecule has 0 aromatic heterocycles. The summed E-state index contributed by atoms with van der Waals surface area (Å²) in [6.45, 7) is 1.71. The summed E-state index contributed by atoms with van der Waals surface area (Å²) >= 11 is 5.89. The Labute approximate surface area is 113 Å². The normalized spacial score (nSPS) is 24.8. The minimum absolute atomic E-state index is 0.0686.